The van der Waals surface area contributed by atoms with E-state index in [0.717, 1.165) is 12.1 Å². The van der Waals surface area contributed by atoms with E-state index in [9.17, 15) is 19.3 Å². The van der Waals surface area contributed by atoms with Crippen molar-refractivity contribution in [1.82, 2.24) is 4.98 Å². The molecule has 0 saturated heterocycles. The van der Waals surface area contributed by atoms with Crippen molar-refractivity contribution in [3.05, 3.63) is 58.2 Å². The first-order chi connectivity index (χ1) is 8.58. The van der Waals surface area contributed by atoms with Crippen LogP contribution < -0.4 is 5.32 Å². The lowest BCUT2D eigenvalue weighted by Crippen LogP contribution is -2.12. The fourth-order valence-electron chi connectivity index (χ4n) is 1.40. The van der Waals surface area contributed by atoms with Gasteiger partial charge >= 0.3 is 5.69 Å². The monoisotopic (exact) mass is 249 g/mol. The number of carbonyl (C=O) groups is 1. The van der Waals surface area contributed by atoms with Crippen molar-refractivity contribution >= 4 is 17.3 Å². The number of anilines is 1. The lowest BCUT2D eigenvalue weighted by molar-refractivity contribution is -0.387. The Labute approximate surface area is 101 Å². The maximum atomic E-state index is 13.3. The molecule has 2 rings (SSSR count). The molecule has 1 amide bonds. The summed E-state index contributed by atoms with van der Waals surface area (Å²) >= 11 is 0. The standard InChI is InChI=1S/C11H8FN3O3/c12-8-6-7(3-4-10(8)15(17)18)14-11(16)9-2-1-5-13-9/h1-6,13H,(H,14,16). The van der Waals surface area contributed by atoms with Gasteiger partial charge in [0.25, 0.3) is 5.91 Å². The summed E-state index contributed by atoms with van der Waals surface area (Å²) < 4.78 is 13.3. The summed E-state index contributed by atoms with van der Waals surface area (Å²) in [6.45, 7) is 0. The van der Waals surface area contributed by atoms with E-state index < -0.39 is 22.3 Å². The number of nitro benzene ring substituents is 1. The highest BCUT2D eigenvalue weighted by Crippen LogP contribution is 2.21. The predicted molar refractivity (Wildman–Crippen MR) is 61.8 cm³/mol. The highest BCUT2D eigenvalue weighted by molar-refractivity contribution is 6.02. The summed E-state index contributed by atoms with van der Waals surface area (Å²) in [6.07, 6.45) is 1.57. The summed E-state index contributed by atoms with van der Waals surface area (Å²) in [7, 11) is 0. The van der Waals surface area contributed by atoms with Gasteiger partial charge in [-0.3, -0.25) is 14.9 Å². The van der Waals surface area contributed by atoms with Crippen LogP contribution in [0.25, 0.3) is 0 Å². The normalized spacial score (nSPS) is 10.1. The van der Waals surface area contributed by atoms with E-state index in [2.05, 4.69) is 10.3 Å². The average molecular weight is 249 g/mol. The molecule has 1 aromatic carbocycles. The van der Waals surface area contributed by atoms with Gasteiger partial charge in [-0.05, 0) is 18.2 Å². The second-order valence-corrected chi connectivity index (χ2v) is 3.46. The summed E-state index contributed by atoms with van der Waals surface area (Å²) in [5.41, 5.74) is -0.167. The van der Waals surface area contributed by atoms with Gasteiger partial charge in [0.2, 0.25) is 5.82 Å². The number of H-pyrrole nitrogens is 1. The molecule has 0 unspecified atom stereocenters. The molecule has 2 N–H and O–H groups in total. The van der Waals surface area contributed by atoms with E-state index in [4.69, 9.17) is 0 Å². The Morgan fingerprint density at radius 1 is 1.39 bits per heavy atom. The average Bonchev–Trinajstić information content (AvgIpc) is 2.81. The first-order valence-electron chi connectivity index (χ1n) is 4.96. The van der Waals surface area contributed by atoms with Crippen LogP contribution in [-0.4, -0.2) is 15.8 Å². The van der Waals surface area contributed by atoms with Gasteiger partial charge in [-0.15, -0.1) is 0 Å². The van der Waals surface area contributed by atoms with Crippen LogP contribution in [0.5, 0.6) is 0 Å². The summed E-state index contributed by atoms with van der Waals surface area (Å²) in [5.74, 6) is -1.45. The van der Waals surface area contributed by atoms with Gasteiger partial charge in [-0.25, -0.2) is 0 Å². The number of hydrogen-bond acceptors (Lipinski definition) is 3. The molecule has 0 bridgehead atoms. The molecule has 0 aliphatic carbocycles. The van der Waals surface area contributed by atoms with Crippen molar-refractivity contribution in [2.24, 2.45) is 0 Å². The summed E-state index contributed by atoms with van der Waals surface area (Å²) in [4.78, 5) is 23.9. The molecule has 1 heterocycles. The van der Waals surface area contributed by atoms with E-state index in [-0.39, 0.29) is 5.69 Å². The van der Waals surface area contributed by atoms with Crippen molar-refractivity contribution in [3.8, 4) is 0 Å². The van der Waals surface area contributed by atoms with Crippen LogP contribution >= 0.6 is 0 Å². The van der Waals surface area contributed by atoms with Crippen LogP contribution in [0.15, 0.2) is 36.5 Å². The third kappa shape index (κ3) is 2.34. The Bertz CT molecular complexity index is 596. The van der Waals surface area contributed by atoms with Crippen LogP contribution in [-0.2, 0) is 0 Å². The number of nitrogens with one attached hydrogen (secondary N) is 2. The fraction of sp³-hybridized carbons (Fsp3) is 0. The van der Waals surface area contributed by atoms with Crippen molar-refractivity contribution < 1.29 is 14.1 Å². The number of rotatable bonds is 3. The number of nitro groups is 1. The SMILES string of the molecule is O=C(Nc1ccc([N+](=O)[O-])c(F)c1)c1ccc[nH]1. The number of aromatic amines is 1. The van der Waals surface area contributed by atoms with E-state index in [1.807, 2.05) is 0 Å². The Kier molecular flexibility index (Phi) is 3.05. The van der Waals surface area contributed by atoms with Gasteiger partial charge in [0.05, 0.1) is 4.92 Å². The van der Waals surface area contributed by atoms with E-state index in [1.165, 1.54) is 6.07 Å². The molecule has 0 radical (unpaired) electrons. The highest BCUT2D eigenvalue weighted by atomic mass is 19.1. The van der Waals surface area contributed by atoms with Gasteiger partial charge in [0.15, 0.2) is 0 Å². The molecular weight excluding hydrogens is 241 g/mol. The molecule has 6 nitrogen and oxygen atoms in total. The quantitative estimate of drug-likeness (QED) is 0.646. The van der Waals surface area contributed by atoms with Crippen molar-refractivity contribution in [3.63, 3.8) is 0 Å². The first-order valence-corrected chi connectivity index (χ1v) is 4.96. The second-order valence-electron chi connectivity index (χ2n) is 3.46. The minimum Gasteiger partial charge on any atom is -0.357 e. The number of nitrogens with zero attached hydrogens (tertiary/aromatic N) is 1. The number of carbonyl (C=O) groups excluding carboxylic acids is 1. The van der Waals surface area contributed by atoms with Gasteiger partial charge < -0.3 is 10.3 Å². The Morgan fingerprint density at radius 2 is 2.17 bits per heavy atom. The number of benzene rings is 1. The highest BCUT2D eigenvalue weighted by Gasteiger charge is 2.15. The van der Waals surface area contributed by atoms with Gasteiger partial charge in [0.1, 0.15) is 5.69 Å². The van der Waals surface area contributed by atoms with Crippen molar-refractivity contribution in [2.45, 2.75) is 0 Å². The number of amides is 1. The largest absolute Gasteiger partial charge is 0.357 e. The van der Waals surface area contributed by atoms with E-state index >= 15 is 0 Å². The van der Waals surface area contributed by atoms with Crippen molar-refractivity contribution in [1.29, 1.82) is 0 Å². The number of halogens is 1. The van der Waals surface area contributed by atoms with E-state index in [0.29, 0.717) is 5.69 Å². The lowest BCUT2D eigenvalue weighted by Gasteiger charge is -2.03. The van der Waals surface area contributed by atoms with Crippen molar-refractivity contribution in [2.75, 3.05) is 5.32 Å². The zero-order valence-electron chi connectivity index (χ0n) is 9.01. The minimum atomic E-state index is -0.996. The number of aromatic nitrogens is 1. The molecule has 0 atom stereocenters. The zero-order valence-corrected chi connectivity index (χ0v) is 9.01. The molecule has 0 aliphatic rings. The summed E-state index contributed by atoms with van der Waals surface area (Å²) in [5, 5.41) is 12.8. The number of hydrogen-bond donors (Lipinski definition) is 2. The Balaban J connectivity index is 2.18. The van der Waals surface area contributed by atoms with Gasteiger partial charge in [0, 0.05) is 24.0 Å². The summed E-state index contributed by atoms with van der Waals surface area (Å²) in [6, 6.07) is 6.36. The Hall–Kier alpha value is -2.70. The molecule has 0 spiro atoms. The Morgan fingerprint density at radius 3 is 2.72 bits per heavy atom. The zero-order chi connectivity index (χ0) is 13.1. The molecule has 7 heteroatoms. The molecule has 92 valence electrons. The third-order valence-corrected chi connectivity index (χ3v) is 2.24. The van der Waals surface area contributed by atoms with Crippen LogP contribution in [0, 0.1) is 15.9 Å². The molecule has 0 fully saturated rings. The maximum absolute atomic E-state index is 13.3. The van der Waals surface area contributed by atoms with Gasteiger partial charge in [-0.1, -0.05) is 0 Å². The molecule has 18 heavy (non-hydrogen) atoms. The first kappa shape index (κ1) is 11.8. The van der Waals surface area contributed by atoms with Crippen LogP contribution in [0.3, 0.4) is 0 Å². The topological polar surface area (TPSA) is 88.0 Å². The van der Waals surface area contributed by atoms with Crippen LogP contribution in [0.1, 0.15) is 10.5 Å². The molecule has 1 aromatic heterocycles. The second kappa shape index (κ2) is 4.66. The van der Waals surface area contributed by atoms with E-state index in [1.54, 1.807) is 18.3 Å². The molecule has 2 aromatic rings. The van der Waals surface area contributed by atoms with Crippen LogP contribution in [0.2, 0.25) is 0 Å². The van der Waals surface area contributed by atoms with Gasteiger partial charge in [-0.2, -0.15) is 4.39 Å². The lowest BCUT2D eigenvalue weighted by atomic mass is 10.2. The fourth-order valence-corrected chi connectivity index (χ4v) is 1.40. The molecular formula is C11H8FN3O3. The maximum Gasteiger partial charge on any atom is 0.304 e. The smallest absolute Gasteiger partial charge is 0.304 e. The molecule has 0 aliphatic heterocycles. The minimum absolute atomic E-state index is 0.151. The third-order valence-electron chi connectivity index (χ3n) is 2.24. The van der Waals surface area contributed by atoms with Crippen LogP contribution in [0.4, 0.5) is 15.8 Å². The predicted octanol–water partition coefficient (Wildman–Crippen LogP) is 2.31. The molecule has 0 saturated carbocycles.